The molecule has 35 heavy (non-hydrogen) atoms. The summed E-state index contributed by atoms with van der Waals surface area (Å²) in [6.45, 7) is 0.847. The Balaban J connectivity index is 1.31. The second-order valence-electron chi connectivity index (χ2n) is 8.32. The second-order valence-corrected chi connectivity index (χ2v) is 10.1. The standard InChI is InChI=1S/C27H21Cl2N3O2S/c28-20-5-1-18(2-6-20)15-34-23-11-3-19(4-12-23)24-13-26(33)32-16-31(17-35-27(32)25(24)14-30)22-9-7-21(29)8-10-22/h1-12,24H,13,15-17H2/t24-/m1/s1. The molecule has 3 aromatic carbocycles. The lowest BCUT2D eigenvalue weighted by Gasteiger charge is -2.42. The van der Waals surface area contributed by atoms with Gasteiger partial charge in [-0.2, -0.15) is 5.26 Å². The van der Waals surface area contributed by atoms with Crippen molar-refractivity contribution in [2.75, 3.05) is 17.4 Å². The normalized spacial score (nSPS) is 17.7. The van der Waals surface area contributed by atoms with E-state index >= 15 is 0 Å². The molecule has 2 aliphatic rings. The van der Waals surface area contributed by atoms with Crippen LogP contribution in [0.25, 0.3) is 0 Å². The molecule has 1 saturated heterocycles. The van der Waals surface area contributed by atoms with Gasteiger partial charge < -0.3 is 9.64 Å². The molecule has 1 amide bonds. The number of carbonyl (C=O) groups is 1. The summed E-state index contributed by atoms with van der Waals surface area (Å²) in [4.78, 5) is 17.0. The van der Waals surface area contributed by atoms with E-state index in [2.05, 4.69) is 11.0 Å². The number of rotatable bonds is 5. The first kappa shape index (κ1) is 23.6. The number of halogens is 2. The summed E-state index contributed by atoms with van der Waals surface area (Å²) in [7, 11) is 0. The molecule has 0 aliphatic carbocycles. The summed E-state index contributed by atoms with van der Waals surface area (Å²) in [5.41, 5.74) is 3.58. The van der Waals surface area contributed by atoms with E-state index in [0.717, 1.165) is 27.6 Å². The van der Waals surface area contributed by atoms with Crippen molar-refractivity contribution in [1.82, 2.24) is 4.90 Å². The Labute approximate surface area is 218 Å². The lowest BCUT2D eigenvalue weighted by molar-refractivity contribution is -0.129. The minimum absolute atomic E-state index is 0.0122. The van der Waals surface area contributed by atoms with Gasteiger partial charge in [0.25, 0.3) is 0 Å². The average Bonchev–Trinajstić information content (AvgIpc) is 2.89. The predicted octanol–water partition coefficient (Wildman–Crippen LogP) is 6.79. The fourth-order valence-corrected chi connectivity index (χ4v) is 5.63. The van der Waals surface area contributed by atoms with Crippen LogP contribution in [0.4, 0.5) is 5.69 Å². The van der Waals surface area contributed by atoms with Crippen molar-refractivity contribution in [1.29, 1.82) is 5.26 Å². The highest BCUT2D eigenvalue weighted by Crippen LogP contribution is 2.43. The van der Waals surface area contributed by atoms with Gasteiger partial charge in [0.1, 0.15) is 12.4 Å². The van der Waals surface area contributed by atoms with Gasteiger partial charge in [0, 0.05) is 28.1 Å². The summed E-state index contributed by atoms with van der Waals surface area (Å²) in [6.07, 6.45) is 0.256. The maximum absolute atomic E-state index is 13.1. The van der Waals surface area contributed by atoms with Crippen LogP contribution in [0.2, 0.25) is 10.0 Å². The number of anilines is 1. The van der Waals surface area contributed by atoms with E-state index in [9.17, 15) is 10.1 Å². The van der Waals surface area contributed by atoms with Gasteiger partial charge in [0.2, 0.25) is 5.91 Å². The fraction of sp³-hybridized carbons (Fsp3) is 0.185. The molecule has 2 aliphatic heterocycles. The Morgan fingerprint density at radius 2 is 1.63 bits per heavy atom. The molecule has 3 aromatic rings. The molecule has 0 N–H and O–H groups in total. The Kier molecular flexibility index (Phi) is 6.92. The van der Waals surface area contributed by atoms with Gasteiger partial charge in [0.05, 0.1) is 29.2 Å². The molecule has 0 bridgehead atoms. The van der Waals surface area contributed by atoms with Crippen LogP contribution in [0, 0.1) is 11.3 Å². The van der Waals surface area contributed by atoms with Crippen LogP contribution < -0.4 is 9.64 Å². The van der Waals surface area contributed by atoms with Crippen molar-refractivity contribution in [3.05, 3.63) is 105 Å². The van der Waals surface area contributed by atoms with E-state index in [-0.39, 0.29) is 18.2 Å². The smallest absolute Gasteiger partial charge is 0.229 e. The third-order valence-corrected chi connectivity index (χ3v) is 7.74. The van der Waals surface area contributed by atoms with E-state index in [4.69, 9.17) is 27.9 Å². The molecule has 0 spiro atoms. The highest BCUT2D eigenvalue weighted by molar-refractivity contribution is 8.03. The second kappa shape index (κ2) is 10.2. The van der Waals surface area contributed by atoms with Gasteiger partial charge in [-0.15, -0.1) is 0 Å². The number of benzene rings is 3. The first-order valence-electron chi connectivity index (χ1n) is 11.1. The lowest BCUT2D eigenvalue weighted by atomic mass is 9.86. The molecule has 1 fully saturated rings. The summed E-state index contributed by atoms with van der Waals surface area (Å²) in [6, 6.07) is 25.1. The van der Waals surface area contributed by atoms with Crippen molar-refractivity contribution < 1.29 is 9.53 Å². The number of allylic oxidation sites excluding steroid dienone is 1. The van der Waals surface area contributed by atoms with Crippen LogP contribution >= 0.6 is 35.0 Å². The van der Waals surface area contributed by atoms with Gasteiger partial charge in [-0.05, 0) is 59.7 Å². The zero-order valence-corrected chi connectivity index (χ0v) is 21.0. The molecule has 8 heteroatoms. The van der Waals surface area contributed by atoms with Crippen molar-refractivity contribution in [2.24, 2.45) is 0 Å². The van der Waals surface area contributed by atoms with Gasteiger partial charge in [0.15, 0.2) is 0 Å². The van der Waals surface area contributed by atoms with Crippen LogP contribution in [-0.2, 0) is 11.4 Å². The van der Waals surface area contributed by atoms with Gasteiger partial charge in [-0.25, -0.2) is 0 Å². The third-order valence-electron chi connectivity index (χ3n) is 6.09. The number of fused-ring (bicyclic) bond motifs is 1. The van der Waals surface area contributed by atoms with Crippen molar-refractivity contribution in [3.63, 3.8) is 0 Å². The van der Waals surface area contributed by atoms with Crippen molar-refractivity contribution in [3.8, 4) is 11.8 Å². The average molecular weight is 522 g/mol. The van der Waals surface area contributed by atoms with E-state index < -0.39 is 0 Å². The Hall–Kier alpha value is -3.11. The van der Waals surface area contributed by atoms with Crippen molar-refractivity contribution >= 4 is 46.6 Å². The molecule has 1 atom stereocenters. The summed E-state index contributed by atoms with van der Waals surface area (Å²) >= 11 is 13.5. The van der Waals surface area contributed by atoms with Gasteiger partial charge in [-0.3, -0.25) is 9.69 Å². The third kappa shape index (κ3) is 5.13. The van der Waals surface area contributed by atoms with E-state index in [1.54, 1.807) is 4.90 Å². The molecular formula is C27H21Cl2N3O2S. The number of hydrogen-bond acceptors (Lipinski definition) is 5. The van der Waals surface area contributed by atoms with Crippen molar-refractivity contribution in [2.45, 2.75) is 18.9 Å². The van der Waals surface area contributed by atoms with Crippen LogP contribution in [0.3, 0.4) is 0 Å². The Morgan fingerprint density at radius 3 is 2.29 bits per heavy atom. The lowest BCUT2D eigenvalue weighted by Crippen LogP contribution is -2.47. The molecule has 5 rings (SSSR count). The maximum atomic E-state index is 13.1. The number of nitrogens with zero attached hydrogens (tertiary/aromatic N) is 3. The van der Waals surface area contributed by atoms with E-state index in [1.165, 1.54) is 11.8 Å². The minimum Gasteiger partial charge on any atom is -0.489 e. The summed E-state index contributed by atoms with van der Waals surface area (Å²) < 4.78 is 5.88. The summed E-state index contributed by atoms with van der Waals surface area (Å²) in [5.74, 6) is 1.12. The van der Waals surface area contributed by atoms with Gasteiger partial charge in [-0.1, -0.05) is 59.2 Å². The molecular weight excluding hydrogens is 501 g/mol. The van der Waals surface area contributed by atoms with E-state index in [0.29, 0.717) is 34.8 Å². The molecule has 0 aromatic heterocycles. The molecule has 2 heterocycles. The number of carbonyl (C=O) groups excluding carboxylic acids is 1. The number of nitriles is 1. The molecule has 0 saturated carbocycles. The zero-order valence-electron chi connectivity index (χ0n) is 18.7. The summed E-state index contributed by atoms with van der Waals surface area (Å²) in [5, 5.41) is 12.1. The topological polar surface area (TPSA) is 56.6 Å². The first-order chi connectivity index (χ1) is 17.0. The van der Waals surface area contributed by atoms with Crippen LogP contribution in [0.1, 0.15) is 23.5 Å². The highest BCUT2D eigenvalue weighted by atomic mass is 35.5. The number of amides is 1. The highest BCUT2D eigenvalue weighted by Gasteiger charge is 2.38. The van der Waals surface area contributed by atoms with Crippen LogP contribution in [-0.4, -0.2) is 23.4 Å². The molecule has 0 radical (unpaired) electrons. The SMILES string of the molecule is N#CC1=C2SCN(c3ccc(Cl)cc3)CN2C(=O)C[C@@H]1c1ccc(OCc2ccc(Cl)cc2)cc1. The number of thioether (sulfide) groups is 1. The number of hydrogen-bond donors (Lipinski definition) is 0. The quantitative estimate of drug-likeness (QED) is 0.369. The Bertz CT molecular complexity index is 1300. The maximum Gasteiger partial charge on any atom is 0.229 e. The largest absolute Gasteiger partial charge is 0.489 e. The zero-order chi connectivity index (χ0) is 24.4. The first-order valence-corrected chi connectivity index (χ1v) is 12.8. The predicted molar refractivity (Wildman–Crippen MR) is 140 cm³/mol. The molecule has 176 valence electrons. The molecule has 0 unspecified atom stereocenters. The van der Waals surface area contributed by atoms with Crippen LogP contribution in [0.15, 0.2) is 83.4 Å². The van der Waals surface area contributed by atoms with Crippen LogP contribution in [0.5, 0.6) is 5.75 Å². The minimum atomic E-state index is -0.265. The Morgan fingerprint density at radius 1 is 0.971 bits per heavy atom. The number of ether oxygens (including phenoxy) is 1. The van der Waals surface area contributed by atoms with Gasteiger partial charge >= 0.3 is 0 Å². The monoisotopic (exact) mass is 521 g/mol. The molecule has 5 nitrogen and oxygen atoms in total. The van der Waals surface area contributed by atoms with E-state index in [1.807, 2.05) is 72.8 Å². The fourth-order valence-electron chi connectivity index (χ4n) is 4.21.